The third kappa shape index (κ3) is 4.21. The molecule has 3 nitrogen and oxygen atoms in total. The zero-order valence-electron chi connectivity index (χ0n) is 9.24. The standard InChI is InChI=1S/C11H18O3/c1-5-6-10(11(13)14-4)8(2)7-9(3)12/h5-6,8,10H,7H2,1-4H3/b6-5+/t8-,10+/m1/s1. The summed E-state index contributed by atoms with van der Waals surface area (Å²) in [5, 5.41) is 0. The number of Topliss-reactive ketones (excluding diaryl/α,β-unsaturated/α-hetero) is 1. The maximum Gasteiger partial charge on any atom is 0.312 e. The molecule has 0 bridgehead atoms. The number of methoxy groups -OCH3 is 1. The Kier molecular flexibility index (Phi) is 5.84. The predicted molar refractivity (Wildman–Crippen MR) is 54.8 cm³/mol. The number of ether oxygens (including phenoxy) is 1. The highest BCUT2D eigenvalue weighted by Crippen LogP contribution is 2.18. The number of carbonyl (C=O) groups is 2. The summed E-state index contributed by atoms with van der Waals surface area (Å²) in [4.78, 5) is 22.2. The maximum atomic E-state index is 11.3. The molecule has 3 heteroatoms. The lowest BCUT2D eigenvalue weighted by molar-refractivity contribution is -0.145. The monoisotopic (exact) mass is 198 g/mol. The summed E-state index contributed by atoms with van der Waals surface area (Å²) in [6, 6.07) is 0. The van der Waals surface area contributed by atoms with Crippen LogP contribution in [0.5, 0.6) is 0 Å². The molecular formula is C11H18O3. The Balaban J connectivity index is 4.47. The van der Waals surface area contributed by atoms with Gasteiger partial charge in [0.15, 0.2) is 0 Å². The molecule has 0 N–H and O–H groups in total. The summed E-state index contributed by atoms with van der Waals surface area (Å²) >= 11 is 0. The Labute approximate surface area is 85.1 Å². The van der Waals surface area contributed by atoms with Gasteiger partial charge in [-0.25, -0.2) is 0 Å². The molecule has 14 heavy (non-hydrogen) atoms. The van der Waals surface area contributed by atoms with Gasteiger partial charge in [0.2, 0.25) is 0 Å². The first-order valence-electron chi connectivity index (χ1n) is 4.73. The molecule has 0 aliphatic heterocycles. The van der Waals surface area contributed by atoms with E-state index in [9.17, 15) is 9.59 Å². The number of carbonyl (C=O) groups excluding carboxylic acids is 2. The van der Waals surface area contributed by atoms with E-state index < -0.39 is 0 Å². The lowest BCUT2D eigenvalue weighted by Crippen LogP contribution is -2.22. The zero-order valence-corrected chi connectivity index (χ0v) is 9.24. The van der Waals surface area contributed by atoms with Crippen molar-refractivity contribution in [3.8, 4) is 0 Å². The van der Waals surface area contributed by atoms with Crippen molar-refractivity contribution in [3.05, 3.63) is 12.2 Å². The van der Waals surface area contributed by atoms with Crippen LogP contribution in [0.15, 0.2) is 12.2 Å². The van der Waals surface area contributed by atoms with Gasteiger partial charge in [-0.05, 0) is 19.8 Å². The Morgan fingerprint density at radius 1 is 1.43 bits per heavy atom. The van der Waals surface area contributed by atoms with Crippen LogP contribution < -0.4 is 0 Å². The lowest BCUT2D eigenvalue weighted by atomic mass is 9.89. The van der Waals surface area contributed by atoms with E-state index in [4.69, 9.17) is 0 Å². The van der Waals surface area contributed by atoms with Crippen LogP contribution in [0.25, 0.3) is 0 Å². The summed E-state index contributed by atoms with van der Waals surface area (Å²) in [6.07, 6.45) is 3.99. The fourth-order valence-electron chi connectivity index (χ4n) is 1.42. The highest BCUT2D eigenvalue weighted by atomic mass is 16.5. The topological polar surface area (TPSA) is 43.4 Å². The van der Waals surface area contributed by atoms with Crippen LogP contribution in [0, 0.1) is 11.8 Å². The first-order valence-corrected chi connectivity index (χ1v) is 4.73. The zero-order chi connectivity index (χ0) is 11.1. The van der Waals surface area contributed by atoms with Crippen LogP contribution in [-0.4, -0.2) is 18.9 Å². The van der Waals surface area contributed by atoms with Gasteiger partial charge in [-0.1, -0.05) is 19.1 Å². The summed E-state index contributed by atoms with van der Waals surface area (Å²) in [6.45, 7) is 5.25. The van der Waals surface area contributed by atoms with Crippen molar-refractivity contribution >= 4 is 11.8 Å². The molecule has 2 atom stereocenters. The molecule has 80 valence electrons. The van der Waals surface area contributed by atoms with Crippen LogP contribution in [0.3, 0.4) is 0 Å². The molecule has 0 saturated heterocycles. The summed E-state index contributed by atoms with van der Waals surface area (Å²) < 4.78 is 4.67. The van der Waals surface area contributed by atoms with E-state index in [0.29, 0.717) is 6.42 Å². The van der Waals surface area contributed by atoms with E-state index in [1.54, 1.807) is 12.2 Å². The first-order chi connectivity index (χ1) is 6.52. The van der Waals surface area contributed by atoms with Crippen molar-refractivity contribution in [1.29, 1.82) is 0 Å². The van der Waals surface area contributed by atoms with Gasteiger partial charge in [0.25, 0.3) is 0 Å². The largest absolute Gasteiger partial charge is 0.469 e. The van der Waals surface area contributed by atoms with Crippen molar-refractivity contribution in [2.75, 3.05) is 7.11 Å². The van der Waals surface area contributed by atoms with Gasteiger partial charge in [-0.3, -0.25) is 4.79 Å². The minimum atomic E-state index is -0.311. The average Bonchev–Trinajstić information content (AvgIpc) is 2.11. The second-order valence-corrected chi connectivity index (χ2v) is 3.46. The second-order valence-electron chi connectivity index (χ2n) is 3.46. The van der Waals surface area contributed by atoms with Gasteiger partial charge < -0.3 is 9.53 Å². The Morgan fingerprint density at radius 3 is 2.36 bits per heavy atom. The number of hydrogen-bond donors (Lipinski definition) is 0. The van der Waals surface area contributed by atoms with Crippen LogP contribution in [0.2, 0.25) is 0 Å². The van der Waals surface area contributed by atoms with E-state index in [2.05, 4.69) is 4.74 Å². The molecule has 0 fully saturated rings. The average molecular weight is 198 g/mol. The maximum absolute atomic E-state index is 11.3. The number of allylic oxidation sites excluding steroid dienone is 1. The van der Waals surface area contributed by atoms with Gasteiger partial charge in [0, 0.05) is 6.42 Å². The summed E-state index contributed by atoms with van der Waals surface area (Å²) in [5.74, 6) is -0.502. The molecular weight excluding hydrogens is 180 g/mol. The highest BCUT2D eigenvalue weighted by molar-refractivity contribution is 5.78. The highest BCUT2D eigenvalue weighted by Gasteiger charge is 2.23. The third-order valence-electron chi connectivity index (χ3n) is 2.10. The minimum Gasteiger partial charge on any atom is -0.469 e. The van der Waals surface area contributed by atoms with Crippen LogP contribution in [0.1, 0.15) is 27.2 Å². The Bertz CT molecular complexity index is 231. The smallest absolute Gasteiger partial charge is 0.312 e. The third-order valence-corrected chi connectivity index (χ3v) is 2.10. The van der Waals surface area contributed by atoms with E-state index in [-0.39, 0.29) is 23.6 Å². The molecule has 0 radical (unpaired) electrons. The fourth-order valence-corrected chi connectivity index (χ4v) is 1.42. The molecule has 0 aliphatic carbocycles. The van der Waals surface area contributed by atoms with Crippen molar-refractivity contribution in [2.45, 2.75) is 27.2 Å². The SMILES string of the molecule is C/C=C/[C@H](C(=O)OC)[C@H](C)CC(C)=O. The van der Waals surface area contributed by atoms with Crippen LogP contribution >= 0.6 is 0 Å². The van der Waals surface area contributed by atoms with E-state index in [1.165, 1.54) is 14.0 Å². The second kappa shape index (κ2) is 6.35. The normalized spacial score (nSPS) is 15.1. The molecule has 0 amide bonds. The van der Waals surface area contributed by atoms with Gasteiger partial charge in [0.05, 0.1) is 13.0 Å². The fraction of sp³-hybridized carbons (Fsp3) is 0.636. The molecule has 0 aromatic carbocycles. The van der Waals surface area contributed by atoms with Gasteiger partial charge in [-0.2, -0.15) is 0 Å². The molecule has 0 unspecified atom stereocenters. The molecule has 0 aromatic rings. The lowest BCUT2D eigenvalue weighted by Gasteiger charge is -2.17. The van der Waals surface area contributed by atoms with Crippen molar-refractivity contribution < 1.29 is 14.3 Å². The van der Waals surface area contributed by atoms with Gasteiger partial charge in [0.1, 0.15) is 5.78 Å². The quantitative estimate of drug-likeness (QED) is 0.501. The number of esters is 1. The van der Waals surface area contributed by atoms with Crippen molar-refractivity contribution in [1.82, 2.24) is 0 Å². The van der Waals surface area contributed by atoms with Crippen molar-refractivity contribution in [2.24, 2.45) is 11.8 Å². The summed E-state index contributed by atoms with van der Waals surface area (Å²) in [5.41, 5.74) is 0. The molecule has 0 saturated carbocycles. The van der Waals surface area contributed by atoms with E-state index in [0.717, 1.165) is 0 Å². The van der Waals surface area contributed by atoms with E-state index in [1.807, 2.05) is 13.8 Å². The molecule has 0 aromatic heterocycles. The Morgan fingerprint density at radius 2 is 2.00 bits per heavy atom. The number of hydrogen-bond acceptors (Lipinski definition) is 3. The van der Waals surface area contributed by atoms with Gasteiger partial charge >= 0.3 is 5.97 Å². The summed E-state index contributed by atoms with van der Waals surface area (Å²) in [7, 11) is 1.36. The molecule has 0 heterocycles. The van der Waals surface area contributed by atoms with Crippen LogP contribution in [0.4, 0.5) is 0 Å². The number of rotatable bonds is 5. The van der Waals surface area contributed by atoms with E-state index >= 15 is 0 Å². The van der Waals surface area contributed by atoms with Gasteiger partial charge in [-0.15, -0.1) is 0 Å². The number of ketones is 1. The first kappa shape index (κ1) is 12.9. The Hall–Kier alpha value is -1.12. The van der Waals surface area contributed by atoms with Crippen LogP contribution in [-0.2, 0) is 14.3 Å². The minimum absolute atomic E-state index is 0.00356. The molecule has 0 aliphatic rings. The molecule has 0 rings (SSSR count). The molecule has 0 spiro atoms. The van der Waals surface area contributed by atoms with Crippen molar-refractivity contribution in [3.63, 3.8) is 0 Å². The predicted octanol–water partition coefficient (Wildman–Crippen LogP) is 1.97.